The van der Waals surface area contributed by atoms with Gasteiger partial charge in [0.2, 0.25) is 0 Å². The van der Waals surface area contributed by atoms with E-state index in [1.165, 1.54) is 0 Å². The zero-order valence-electron chi connectivity index (χ0n) is 11.6. The Hall–Kier alpha value is -0.160. The molecule has 0 aromatic carbocycles. The van der Waals surface area contributed by atoms with Gasteiger partial charge in [0.05, 0.1) is 17.6 Å². The van der Waals surface area contributed by atoms with Crippen molar-refractivity contribution in [3.8, 4) is 0 Å². The highest BCUT2D eigenvalue weighted by atomic mass is 32.2. The van der Waals surface area contributed by atoms with Crippen molar-refractivity contribution in [2.24, 2.45) is 0 Å². The number of ether oxygens (including phenoxy) is 1. The molecule has 3 nitrogen and oxygen atoms in total. The lowest BCUT2D eigenvalue weighted by atomic mass is 10.0. The molecule has 0 aromatic rings. The first-order valence-corrected chi connectivity index (χ1v) is 9.29. The van der Waals surface area contributed by atoms with Crippen molar-refractivity contribution in [2.75, 3.05) is 23.9 Å². The van der Waals surface area contributed by atoms with E-state index in [0.717, 1.165) is 24.8 Å². The first-order valence-electron chi connectivity index (χ1n) is 6.48. The predicted octanol–water partition coefficient (Wildman–Crippen LogP) is 2.37. The quantitative estimate of drug-likeness (QED) is 0.557. The third kappa shape index (κ3) is 4.50. The van der Waals surface area contributed by atoms with Crippen LogP contribution in [-0.4, -0.2) is 37.0 Å². The molecule has 0 radical (unpaired) electrons. The fourth-order valence-electron chi connectivity index (χ4n) is 2.15. The summed E-state index contributed by atoms with van der Waals surface area (Å²) >= 11 is 0. The third-order valence-electron chi connectivity index (χ3n) is 3.26. The molecule has 3 unspecified atom stereocenters. The lowest BCUT2D eigenvalue weighted by molar-refractivity contribution is 0.234. The summed E-state index contributed by atoms with van der Waals surface area (Å²) in [5, 5.41) is 0. The third-order valence-corrected chi connectivity index (χ3v) is 7.41. The van der Waals surface area contributed by atoms with E-state index in [1.54, 1.807) is 6.26 Å². The maximum Gasteiger partial charge on any atom is 0.0873 e. The van der Waals surface area contributed by atoms with Crippen molar-refractivity contribution in [1.82, 2.24) is 0 Å². The normalized spacial score (nSPS) is 31.9. The standard InChI is InChI=1S/C13H24O3S2/c1-4-13(6-5-7-16-10-12(2)3)11-17(14)8-9-18(13)15/h10H,4-9,11H2,1-3H3. The lowest BCUT2D eigenvalue weighted by Crippen LogP contribution is -2.46. The van der Waals surface area contributed by atoms with Gasteiger partial charge in [0.25, 0.3) is 0 Å². The highest BCUT2D eigenvalue weighted by Crippen LogP contribution is 2.30. The summed E-state index contributed by atoms with van der Waals surface area (Å²) in [6, 6.07) is 0. The van der Waals surface area contributed by atoms with Crippen molar-refractivity contribution in [3.05, 3.63) is 11.8 Å². The molecular weight excluding hydrogens is 268 g/mol. The smallest absolute Gasteiger partial charge is 0.0873 e. The van der Waals surface area contributed by atoms with E-state index < -0.39 is 21.6 Å². The fraction of sp³-hybridized carbons (Fsp3) is 0.846. The molecule has 0 spiro atoms. The molecule has 0 aliphatic carbocycles. The zero-order valence-corrected chi connectivity index (χ0v) is 13.2. The van der Waals surface area contributed by atoms with Crippen LogP contribution in [0.5, 0.6) is 0 Å². The van der Waals surface area contributed by atoms with Crippen molar-refractivity contribution < 1.29 is 13.2 Å². The molecule has 0 bridgehead atoms. The highest BCUT2D eigenvalue weighted by Gasteiger charge is 2.39. The predicted molar refractivity (Wildman–Crippen MR) is 78.5 cm³/mol. The van der Waals surface area contributed by atoms with Crippen LogP contribution in [0.15, 0.2) is 11.8 Å². The summed E-state index contributed by atoms with van der Waals surface area (Å²) in [5.41, 5.74) is 1.14. The Bertz CT molecular complexity index is 348. The average molecular weight is 292 g/mol. The van der Waals surface area contributed by atoms with E-state index in [0.29, 0.717) is 23.9 Å². The maximum absolute atomic E-state index is 12.2. The largest absolute Gasteiger partial charge is 0.501 e. The second kappa shape index (κ2) is 7.43. The maximum atomic E-state index is 12.2. The van der Waals surface area contributed by atoms with Gasteiger partial charge in [0.15, 0.2) is 0 Å². The van der Waals surface area contributed by atoms with Crippen molar-refractivity contribution in [1.29, 1.82) is 0 Å². The topological polar surface area (TPSA) is 43.4 Å². The van der Waals surface area contributed by atoms with Crippen LogP contribution in [0.1, 0.15) is 40.0 Å². The Kier molecular flexibility index (Phi) is 6.57. The van der Waals surface area contributed by atoms with Crippen LogP contribution >= 0.6 is 0 Å². The first kappa shape index (κ1) is 15.9. The summed E-state index contributed by atoms with van der Waals surface area (Å²) in [4.78, 5) is 0. The molecule has 0 N–H and O–H groups in total. The van der Waals surface area contributed by atoms with Gasteiger partial charge in [-0.05, 0) is 38.7 Å². The average Bonchev–Trinajstić information content (AvgIpc) is 2.32. The van der Waals surface area contributed by atoms with E-state index in [2.05, 4.69) is 6.92 Å². The SMILES string of the molecule is CCC1(CCCOC=C(C)C)CS(=O)CCS1=O. The van der Waals surface area contributed by atoms with Crippen LogP contribution in [0.25, 0.3) is 0 Å². The van der Waals surface area contributed by atoms with E-state index in [9.17, 15) is 8.42 Å². The van der Waals surface area contributed by atoms with Crippen LogP contribution < -0.4 is 0 Å². The van der Waals surface area contributed by atoms with Crippen LogP contribution in [0.4, 0.5) is 0 Å². The molecule has 106 valence electrons. The van der Waals surface area contributed by atoms with Crippen molar-refractivity contribution >= 4 is 21.6 Å². The van der Waals surface area contributed by atoms with E-state index in [1.807, 2.05) is 13.8 Å². The minimum atomic E-state index is -0.836. The molecule has 1 aliphatic heterocycles. The van der Waals surface area contributed by atoms with E-state index in [-0.39, 0.29) is 4.75 Å². The van der Waals surface area contributed by atoms with E-state index in [4.69, 9.17) is 4.74 Å². The second-order valence-electron chi connectivity index (χ2n) is 5.04. The molecule has 0 aromatic heterocycles. The molecule has 5 heteroatoms. The Morgan fingerprint density at radius 3 is 2.67 bits per heavy atom. The number of hydrogen-bond acceptors (Lipinski definition) is 3. The number of hydrogen-bond donors (Lipinski definition) is 0. The van der Waals surface area contributed by atoms with Gasteiger partial charge in [0, 0.05) is 38.9 Å². The van der Waals surface area contributed by atoms with Crippen LogP contribution in [-0.2, 0) is 26.3 Å². The number of allylic oxidation sites excluding steroid dienone is 1. The van der Waals surface area contributed by atoms with Crippen LogP contribution in [0.3, 0.4) is 0 Å². The molecule has 1 rings (SSSR count). The first-order chi connectivity index (χ1) is 8.50. The van der Waals surface area contributed by atoms with E-state index >= 15 is 0 Å². The highest BCUT2D eigenvalue weighted by molar-refractivity contribution is 7.93. The van der Waals surface area contributed by atoms with Crippen molar-refractivity contribution in [2.45, 2.75) is 44.8 Å². The van der Waals surface area contributed by atoms with Gasteiger partial charge in [-0.3, -0.25) is 8.42 Å². The molecule has 0 saturated carbocycles. The van der Waals surface area contributed by atoms with Gasteiger partial charge in [-0.1, -0.05) is 6.92 Å². The minimum Gasteiger partial charge on any atom is -0.501 e. The van der Waals surface area contributed by atoms with Gasteiger partial charge >= 0.3 is 0 Å². The summed E-state index contributed by atoms with van der Waals surface area (Å²) in [5.74, 6) is 1.79. The summed E-state index contributed by atoms with van der Waals surface area (Å²) in [6.45, 7) is 6.69. The minimum absolute atomic E-state index is 0.239. The Morgan fingerprint density at radius 1 is 1.33 bits per heavy atom. The Balaban J connectivity index is 2.47. The number of rotatable bonds is 6. The molecule has 1 fully saturated rings. The molecule has 0 amide bonds. The second-order valence-corrected chi connectivity index (χ2v) is 8.59. The van der Waals surface area contributed by atoms with Crippen LogP contribution in [0.2, 0.25) is 0 Å². The molecule has 18 heavy (non-hydrogen) atoms. The van der Waals surface area contributed by atoms with Gasteiger partial charge in [-0.15, -0.1) is 0 Å². The molecule has 1 saturated heterocycles. The van der Waals surface area contributed by atoms with Gasteiger partial charge in [-0.2, -0.15) is 0 Å². The molecule has 1 heterocycles. The van der Waals surface area contributed by atoms with Crippen molar-refractivity contribution in [3.63, 3.8) is 0 Å². The Morgan fingerprint density at radius 2 is 2.06 bits per heavy atom. The molecule has 1 aliphatic rings. The fourth-order valence-corrected chi connectivity index (χ4v) is 6.62. The van der Waals surface area contributed by atoms with Crippen LogP contribution in [0, 0.1) is 0 Å². The Labute approximate surface area is 115 Å². The van der Waals surface area contributed by atoms with Gasteiger partial charge in [0.1, 0.15) is 0 Å². The van der Waals surface area contributed by atoms with Gasteiger partial charge in [-0.25, -0.2) is 0 Å². The molecular formula is C13H24O3S2. The summed E-state index contributed by atoms with van der Waals surface area (Å²) in [7, 11) is -1.63. The summed E-state index contributed by atoms with van der Waals surface area (Å²) < 4.78 is 29.0. The van der Waals surface area contributed by atoms with Gasteiger partial charge < -0.3 is 4.74 Å². The summed E-state index contributed by atoms with van der Waals surface area (Å²) in [6.07, 6.45) is 4.32. The zero-order chi connectivity index (χ0) is 13.6. The molecule has 3 atom stereocenters. The monoisotopic (exact) mass is 292 g/mol. The lowest BCUT2D eigenvalue weighted by Gasteiger charge is -2.34.